The zero-order valence-corrected chi connectivity index (χ0v) is 17.8. The summed E-state index contributed by atoms with van der Waals surface area (Å²) in [5.41, 5.74) is -3.48. The second-order valence-corrected chi connectivity index (χ2v) is 9.75. The summed E-state index contributed by atoms with van der Waals surface area (Å²) in [7, 11) is 0. The molecule has 0 aromatic carbocycles. The fraction of sp³-hybridized carbons (Fsp3) is 0.722. The van der Waals surface area contributed by atoms with Crippen molar-refractivity contribution in [2.75, 3.05) is 6.61 Å². The minimum atomic E-state index is -1.67. The summed E-state index contributed by atoms with van der Waals surface area (Å²) >= 11 is 1.31. The van der Waals surface area contributed by atoms with E-state index >= 15 is 0 Å². The van der Waals surface area contributed by atoms with Crippen LogP contribution in [0, 0.1) is 17.3 Å². The first-order valence-electron chi connectivity index (χ1n) is 9.39. The van der Waals surface area contributed by atoms with E-state index in [1.165, 1.54) is 18.1 Å². The SMILES string of the molecule is CCOC(=O)[C@H]1[C@@H]2[C@@H](Sc3ncn[nH]3)C[C@@](NC(=O)OC(C)(C)C)(C(=O)O)[C@@]21C. The number of hydrogen-bond donors (Lipinski definition) is 3. The third-order valence-electron chi connectivity index (χ3n) is 5.69. The number of hydrogen-bond acceptors (Lipinski definition) is 8. The number of aliphatic carboxylic acids is 1. The molecule has 5 atom stereocenters. The monoisotopic (exact) mass is 426 g/mol. The van der Waals surface area contributed by atoms with Crippen molar-refractivity contribution in [3.8, 4) is 0 Å². The van der Waals surface area contributed by atoms with E-state index in [4.69, 9.17) is 9.47 Å². The Hall–Kier alpha value is -2.30. The van der Waals surface area contributed by atoms with Gasteiger partial charge in [-0.1, -0.05) is 18.7 Å². The maximum atomic E-state index is 12.6. The van der Waals surface area contributed by atoms with Crippen LogP contribution in [0.4, 0.5) is 4.79 Å². The Bertz CT molecular complexity index is 810. The lowest BCUT2D eigenvalue weighted by Crippen LogP contribution is -2.60. The topological polar surface area (TPSA) is 144 Å². The maximum absolute atomic E-state index is 12.6. The second-order valence-electron chi connectivity index (χ2n) is 8.53. The Morgan fingerprint density at radius 2 is 2.10 bits per heavy atom. The van der Waals surface area contributed by atoms with Gasteiger partial charge in [-0.3, -0.25) is 9.89 Å². The van der Waals surface area contributed by atoms with Gasteiger partial charge in [-0.2, -0.15) is 5.10 Å². The van der Waals surface area contributed by atoms with Gasteiger partial charge in [0.25, 0.3) is 0 Å². The standard InChI is InChI=1S/C18H26N4O6S/c1-6-27-12(23)11-10-9(29-14-19-8-20-22-14)7-18(13(24)25,17(10,11)5)21-15(26)28-16(2,3)4/h8-11H,6-7H2,1-5H3,(H,21,26)(H,24,25)(H,19,20,22)/t9-,10-,11+,17-,18+/m0/s1. The molecule has 3 rings (SSSR count). The van der Waals surface area contributed by atoms with Crippen LogP contribution in [0.15, 0.2) is 11.5 Å². The quantitative estimate of drug-likeness (QED) is 0.580. The summed E-state index contributed by atoms with van der Waals surface area (Å²) in [6.45, 7) is 8.69. The van der Waals surface area contributed by atoms with E-state index < -0.39 is 40.5 Å². The van der Waals surface area contributed by atoms with E-state index in [9.17, 15) is 19.5 Å². The number of aromatic amines is 1. The molecule has 2 aliphatic rings. The van der Waals surface area contributed by atoms with Gasteiger partial charge in [0.15, 0.2) is 5.16 Å². The zero-order chi connectivity index (χ0) is 21.6. The highest BCUT2D eigenvalue weighted by atomic mass is 32.2. The summed E-state index contributed by atoms with van der Waals surface area (Å²) < 4.78 is 10.5. The molecule has 1 heterocycles. The summed E-state index contributed by atoms with van der Waals surface area (Å²) in [5.74, 6) is -2.62. The molecule has 0 saturated heterocycles. The van der Waals surface area contributed by atoms with Crippen molar-refractivity contribution in [2.24, 2.45) is 17.3 Å². The number of H-pyrrole nitrogens is 1. The first-order chi connectivity index (χ1) is 13.5. The number of carbonyl (C=O) groups is 3. The number of carbonyl (C=O) groups excluding carboxylic acids is 2. The average Bonchev–Trinajstić information content (AvgIpc) is 2.88. The van der Waals surface area contributed by atoms with Crippen molar-refractivity contribution in [2.45, 2.75) is 62.6 Å². The maximum Gasteiger partial charge on any atom is 0.408 e. The van der Waals surface area contributed by atoms with Crippen LogP contribution in [-0.4, -0.2) is 61.3 Å². The number of rotatable bonds is 6. The van der Waals surface area contributed by atoms with E-state index in [1.54, 1.807) is 34.6 Å². The van der Waals surface area contributed by atoms with Crippen molar-refractivity contribution in [3.63, 3.8) is 0 Å². The first kappa shape index (κ1) is 21.4. The number of fused-ring (bicyclic) bond motifs is 1. The third-order valence-corrected chi connectivity index (χ3v) is 6.87. The third kappa shape index (κ3) is 3.56. The van der Waals surface area contributed by atoms with E-state index in [-0.39, 0.29) is 24.2 Å². The lowest BCUT2D eigenvalue weighted by atomic mass is 9.80. The van der Waals surface area contributed by atoms with Gasteiger partial charge in [0.1, 0.15) is 17.5 Å². The van der Waals surface area contributed by atoms with Gasteiger partial charge < -0.3 is 19.9 Å². The Labute approximate surface area is 172 Å². The van der Waals surface area contributed by atoms with Gasteiger partial charge in [-0.05, 0) is 40.0 Å². The molecule has 1 aromatic rings. The molecular formula is C18H26N4O6S. The highest BCUT2D eigenvalue weighted by Crippen LogP contribution is 2.75. The number of esters is 1. The molecular weight excluding hydrogens is 400 g/mol. The Balaban J connectivity index is 1.94. The zero-order valence-electron chi connectivity index (χ0n) is 17.0. The molecule has 10 nitrogen and oxygen atoms in total. The first-order valence-corrected chi connectivity index (χ1v) is 10.3. The Morgan fingerprint density at radius 3 is 2.62 bits per heavy atom. The Kier molecular flexibility index (Phi) is 5.31. The molecule has 2 fully saturated rings. The van der Waals surface area contributed by atoms with Gasteiger partial charge in [-0.25, -0.2) is 14.6 Å². The van der Waals surface area contributed by atoms with E-state index in [0.717, 1.165) is 0 Å². The van der Waals surface area contributed by atoms with Crippen LogP contribution in [0.25, 0.3) is 0 Å². The van der Waals surface area contributed by atoms with Crippen molar-refractivity contribution in [1.29, 1.82) is 0 Å². The summed E-state index contributed by atoms with van der Waals surface area (Å²) in [5, 5.41) is 19.6. The van der Waals surface area contributed by atoms with Crippen LogP contribution in [0.3, 0.4) is 0 Å². The number of nitrogens with one attached hydrogen (secondary N) is 2. The average molecular weight is 426 g/mol. The molecule has 11 heteroatoms. The fourth-order valence-corrected chi connectivity index (χ4v) is 5.93. The van der Waals surface area contributed by atoms with Crippen LogP contribution in [0.1, 0.15) is 41.0 Å². The van der Waals surface area contributed by atoms with Crippen LogP contribution in [-0.2, 0) is 19.1 Å². The number of aromatic nitrogens is 3. The van der Waals surface area contributed by atoms with Crippen molar-refractivity contribution >= 4 is 29.8 Å². The van der Waals surface area contributed by atoms with E-state index in [1.807, 2.05) is 0 Å². The summed E-state index contributed by atoms with van der Waals surface area (Å²) in [4.78, 5) is 41.7. The number of carboxylic acids is 1. The minimum absolute atomic E-state index is 0.115. The van der Waals surface area contributed by atoms with E-state index in [0.29, 0.717) is 5.16 Å². The molecule has 0 unspecified atom stereocenters. The van der Waals surface area contributed by atoms with Crippen LogP contribution in [0.5, 0.6) is 0 Å². The predicted molar refractivity (Wildman–Crippen MR) is 102 cm³/mol. The smallest absolute Gasteiger partial charge is 0.408 e. The number of alkyl carbamates (subject to hydrolysis) is 1. The molecule has 1 amide bonds. The molecule has 3 N–H and O–H groups in total. The van der Waals surface area contributed by atoms with Gasteiger partial charge in [0.05, 0.1) is 12.5 Å². The molecule has 0 bridgehead atoms. The number of amides is 1. The van der Waals surface area contributed by atoms with Gasteiger partial charge in [0.2, 0.25) is 0 Å². The van der Waals surface area contributed by atoms with Crippen LogP contribution >= 0.6 is 11.8 Å². The number of carboxylic acid groups (broad SMARTS) is 1. The molecule has 29 heavy (non-hydrogen) atoms. The van der Waals surface area contributed by atoms with Crippen molar-refractivity contribution in [1.82, 2.24) is 20.5 Å². The van der Waals surface area contributed by atoms with Crippen molar-refractivity contribution < 1.29 is 29.0 Å². The molecule has 2 saturated carbocycles. The molecule has 0 radical (unpaired) electrons. The van der Waals surface area contributed by atoms with Crippen molar-refractivity contribution in [3.05, 3.63) is 6.33 Å². The lowest BCUT2D eigenvalue weighted by Gasteiger charge is -2.35. The number of ether oxygens (including phenoxy) is 2. The highest BCUT2D eigenvalue weighted by molar-refractivity contribution is 7.99. The Morgan fingerprint density at radius 1 is 1.41 bits per heavy atom. The normalized spacial score (nSPS) is 32.9. The fourth-order valence-electron chi connectivity index (χ4n) is 4.51. The van der Waals surface area contributed by atoms with Crippen LogP contribution in [0.2, 0.25) is 0 Å². The van der Waals surface area contributed by atoms with Crippen LogP contribution < -0.4 is 5.32 Å². The van der Waals surface area contributed by atoms with Gasteiger partial charge in [-0.15, -0.1) is 0 Å². The minimum Gasteiger partial charge on any atom is -0.479 e. The molecule has 2 aliphatic carbocycles. The lowest BCUT2D eigenvalue weighted by molar-refractivity contribution is -0.151. The number of nitrogens with zero attached hydrogens (tertiary/aromatic N) is 2. The number of thioether (sulfide) groups is 1. The van der Waals surface area contributed by atoms with Gasteiger partial charge in [0, 0.05) is 10.7 Å². The van der Waals surface area contributed by atoms with E-state index in [2.05, 4.69) is 20.5 Å². The largest absolute Gasteiger partial charge is 0.479 e. The molecule has 160 valence electrons. The van der Waals surface area contributed by atoms with Gasteiger partial charge >= 0.3 is 18.0 Å². The predicted octanol–water partition coefficient (Wildman–Crippen LogP) is 1.83. The molecule has 0 aliphatic heterocycles. The molecule has 1 aromatic heterocycles. The molecule has 0 spiro atoms. The second kappa shape index (κ2) is 7.19. The highest BCUT2D eigenvalue weighted by Gasteiger charge is 2.84. The summed E-state index contributed by atoms with van der Waals surface area (Å²) in [6.07, 6.45) is 0.638. The summed E-state index contributed by atoms with van der Waals surface area (Å²) in [6, 6.07) is 0.